The van der Waals surface area contributed by atoms with E-state index in [1.807, 2.05) is 0 Å². The van der Waals surface area contributed by atoms with Crippen LogP contribution in [-0.4, -0.2) is 0 Å². The Morgan fingerprint density at radius 3 is 1.40 bits per heavy atom. The number of anilines is 3. The van der Waals surface area contributed by atoms with Gasteiger partial charge in [-0.05, 0) is 158 Å². The van der Waals surface area contributed by atoms with Crippen LogP contribution in [0.15, 0.2) is 133 Å². The highest BCUT2D eigenvalue weighted by Crippen LogP contribution is 2.51. The third kappa shape index (κ3) is 4.80. The maximum Gasteiger partial charge on any atom is 0.0468 e. The third-order valence-corrected chi connectivity index (χ3v) is 9.38. The average Bonchev–Trinajstić information content (AvgIpc) is 3.03. The van der Waals surface area contributed by atoms with E-state index in [1.54, 1.807) is 0 Å². The molecule has 7 aromatic rings. The second-order valence-electron chi connectivity index (χ2n) is 13.7. The van der Waals surface area contributed by atoms with Crippen molar-refractivity contribution in [3.63, 3.8) is 0 Å². The van der Waals surface area contributed by atoms with E-state index in [9.17, 15) is 0 Å². The van der Waals surface area contributed by atoms with Gasteiger partial charge < -0.3 is 4.90 Å². The van der Waals surface area contributed by atoms with Crippen LogP contribution in [-0.2, 0) is 5.41 Å². The van der Waals surface area contributed by atoms with Gasteiger partial charge in [0, 0.05) is 17.1 Å². The number of benzene rings is 7. The van der Waals surface area contributed by atoms with Gasteiger partial charge in [-0.1, -0.05) is 87.5 Å². The molecular weight excluding hydrogens is 542 g/mol. The van der Waals surface area contributed by atoms with Crippen molar-refractivity contribution >= 4 is 38.6 Å². The summed E-state index contributed by atoms with van der Waals surface area (Å²) in [5.74, 6) is 0. The van der Waals surface area contributed by atoms with Gasteiger partial charge in [-0.25, -0.2) is 0 Å². The number of hydrogen-bond donors (Lipinski definition) is 0. The maximum absolute atomic E-state index is 2.39. The quantitative estimate of drug-likeness (QED) is 0.200. The van der Waals surface area contributed by atoms with Gasteiger partial charge >= 0.3 is 0 Å². The SMILES string of the molecule is Cc1cccc(N(c2cccc(C)c2)c2ccc3cc4c(cc3c2)-c2cc3ccc(-c5ccc(C(C)(C)C)cc5)cc3cc2-4)c1. The van der Waals surface area contributed by atoms with Gasteiger partial charge in [0.15, 0.2) is 0 Å². The Labute approximate surface area is 266 Å². The van der Waals surface area contributed by atoms with Gasteiger partial charge in [0.1, 0.15) is 0 Å². The van der Waals surface area contributed by atoms with Gasteiger partial charge in [-0.2, -0.15) is 0 Å². The minimum absolute atomic E-state index is 0.158. The molecule has 8 rings (SSSR count). The Morgan fingerprint density at radius 1 is 0.400 bits per heavy atom. The van der Waals surface area contributed by atoms with Crippen LogP contribution in [0.4, 0.5) is 17.1 Å². The lowest BCUT2D eigenvalue weighted by Crippen LogP contribution is -2.10. The predicted molar refractivity (Wildman–Crippen MR) is 194 cm³/mol. The first-order valence-electron chi connectivity index (χ1n) is 15.9. The van der Waals surface area contributed by atoms with Crippen molar-refractivity contribution in [3.05, 3.63) is 150 Å². The zero-order valence-corrected chi connectivity index (χ0v) is 26.6. The van der Waals surface area contributed by atoms with Crippen molar-refractivity contribution in [1.82, 2.24) is 0 Å². The number of hydrogen-bond acceptors (Lipinski definition) is 1. The molecule has 0 N–H and O–H groups in total. The van der Waals surface area contributed by atoms with E-state index in [0.29, 0.717) is 0 Å². The van der Waals surface area contributed by atoms with E-state index < -0.39 is 0 Å². The Balaban J connectivity index is 1.17. The fourth-order valence-corrected chi connectivity index (χ4v) is 6.87. The first-order valence-corrected chi connectivity index (χ1v) is 15.9. The summed E-state index contributed by atoms with van der Waals surface area (Å²) in [6.45, 7) is 11.1. The highest BCUT2D eigenvalue weighted by atomic mass is 15.1. The summed E-state index contributed by atoms with van der Waals surface area (Å²) in [6, 6.07) is 49.9. The first-order chi connectivity index (χ1) is 21.7. The minimum atomic E-state index is 0.158. The van der Waals surface area contributed by atoms with Crippen molar-refractivity contribution < 1.29 is 0 Å². The minimum Gasteiger partial charge on any atom is -0.310 e. The molecule has 1 aliphatic carbocycles. The van der Waals surface area contributed by atoms with Crippen LogP contribution in [0, 0.1) is 13.8 Å². The Kier molecular flexibility index (Phi) is 6.22. The summed E-state index contributed by atoms with van der Waals surface area (Å²) < 4.78 is 0. The second-order valence-corrected chi connectivity index (χ2v) is 13.7. The molecule has 45 heavy (non-hydrogen) atoms. The molecule has 0 spiro atoms. The molecule has 7 aromatic carbocycles. The van der Waals surface area contributed by atoms with Crippen molar-refractivity contribution in [3.8, 4) is 33.4 Å². The number of fused-ring (bicyclic) bond motifs is 6. The lowest BCUT2D eigenvalue weighted by atomic mass is 9.77. The summed E-state index contributed by atoms with van der Waals surface area (Å²) in [6.07, 6.45) is 0. The molecule has 0 bridgehead atoms. The van der Waals surface area contributed by atoms with Crippen LogP contribution >= 0.6 is 0 Å². The van der Waals surface area contributed by atoms with E-state index in [2.05, 4.69) is 173 Å². The summed E-state index contributed by atoms with van der Waals surface area (Å²) in [4.78, 5) is 2.37. The van der Waals surface area contributed by atoms with Crippen LogP contribution in [0.2, 0.25) is 0 Å². The molecule has 0 saturated heterocycles. The topological polar surface area (TPSA) is 3.24 Å². The van der Waals surface area contributed by atoms with E-state index >= 15 is 0 Å². The molecule has 0 heterocycles. The normalized spacial score (nSPS) is 12.1. The second kappa shape index (κ2) is 10.2. The lowest BCUT2D eigenvalue weighted by molar-refractivity contribution is 0.590. The summed E-state index contributed by atoms with van der Waals surface area (Å²) in [7, 11) is 0. The summed E-state index contributed by atoms with van der Waals surface area (Å²) >= 11 is 0. The van der Waals surface area contributed by atoms with Crippen molar-refractivity contribution in [2.45, 2.75) is 40.0 Å². The first kappa shape index (κ1) is 27.4. The van der Waals surface area contributed by atoms with Crippen molar-refractivity contribution in [1.29, 1.82) is 0 Å². The molecule has 1 aliphatic rings. The predicted octanol–water partition coefficient (Wildman–Crippen LogP) is 12.7. The van der Waals surface area contributed by atoms with Gasteiger partial charge in [-0.15, -0.1) is 0 Å². The van der Waals surface area contributed by atoms with Crippen LogP contribution in [0.3, 0.4) is 0 Å². The van der Waals surface area contributed by atoms with E-state index in [1.165, 1.54) is 88.7 Å². The summed E-state index contributed by atoms with van der Waals surface area (Å²) in [5.41, 5.74) is 15.5. The van der Waals surface area contributed by atoms with Crippen molar-refractivity contribution in [2.75, 3.05) is 4.90 Å². The van der Waals surface area contributed by atoms with E-state index in [0.717, 1.165) is 0 Å². The average molecular weight is 580 g/mol. The van der Waals surface area contributed by atoms with Gasteiger partial charge in [0.25, 0.3) is 0 Å². The molecule has 0 aliphatic heterocycles. The Bertz CT molecular complexity index is 2220. The number of aryl methyl sites for hydroxylation is 2. The highest BCUT2D eigenvalue weighted by molar-refractivity contribution is 6.12. The lowest BCUT2D eigenvalue weighted by Gasteiger charge is -2.28. The van der Waals surface area contributed by atoms with Gasteiger partial charge in [-0.3, -0.25) is 0 Å². The zero-order chi connectivity index (χ0) is 30.9. The van der Waals surface area contributed by atoms with Crippen LogP contribution in [0.5, 0.6) is 0 Å². The van der Waals surface area contributed by atoms with Crippen molar-refractivity contribution in [2.24, 2.45) is 0 Å². The highest BCUT2D eigenvalue weighted by Gasteiger charge is 2.24. The fraction of sp³-hybridized carbons (Fsp3) is 0.136. The largest absolute Gasteiger partial charge is 0.310 e. The molecule has 0 saturated carbocycles. The molecule has 1 nitrogen and oxygen atoms in total. The van der Waals surface area contributed by atoms with Gasteiger partial charge in [0.05, 0.1) is 0 Å². The Hall–Kier alpha value is -5.14. The molecule has 0 aromatic heterocycles. The zero-order valence-electron chi connectivity index (χ0n) is 26.6. The Morgan fingerprint density at radius 2 is 0.867 bits per heavy atom. The van der Waals surface area contributed by atoms with Crippen LogP contribution in [0.25, 0.3) is 54.9 Å². The fourth-order valence-electron chi connectivity index (χ4n) is 6.87. The molecule has 0 radical (unpaired) electrons. The molecule has 1 heteroatoms. The maximum atomic E-state index is 2.39. The number of nitrogens with zero attached hydrogens (tertiary/aromatic N) is 1. The monoisotopic (exact) mass is 579 g/mol. The molecule has 0 atom stereocenters. The molecular formula is C44H37N. The smallest absolute Gasteiger partial charge is 0.0468 e. The van der Waals surface area contributed by atoms with Crippen LogP contribution in [0.1, 0.15) is 37.5 Å². The molecule has 0 amide bonds. The van der Waals surface area contributed by atoms with Gasteiger partial charge in [0.2, 0.25) is 0 Å². The van der Waals surface area contributed by atoms with E-state index in [-0.39, 0.29) is 5.41 Å². The summed E-state index contributed by atoms with van der Waals surface area (Å²) in [5, 5.41) is 5.10. The molecule has 218 valence electrons. The van der Waals surface area contributed by atoms with Crippen LogP contribution < -0.4 is 4.90 Å². The third-order valence-electron chi connectivity index (χ3n) is 9.38. The molecule has 0 unspecified atom stereocenters. The van der Waals surface area contributed by atoms with E-state index in [4.69, 9.17) is 0 Å². The number of rotatable bonds is 4. The standard InChI is InChI=1S/C44H37N/c1-28-8-6-10-37(20-28)45(38-11-7-9-29(2)21-38)39-19-16-33-25-41-42-26-34-22-31(30-14-17-36(18-15-30)44(3,4)5)12-13-32(34)24-40(42)43(41)27-35(33)23-39/h6-27H,1-5H3. The molecule has 0 fully saturated rings.